The Morgan fingerprint density at radius 2 is 1.60 bits per heavy atom. The second-order valence-electron chi connectivity index (χ2n) is 4.93. The molecule has 0 radical (unpaired) electrons. The Hall–Kier alpha value is -2.65. The van der Waals surface area contributed by atoms with Gasteiger partial charge in [-0.25, -0.2) is 0 Å². The molecule has 25 heavy (non-hydrogen) atoms. The Labute approximate surface area is 136 Å². The molecule has 0 aliphatic carbocycles. The Morgan fingerprint density at radius 3 is 2.12 bits per heavy atom. The minimum atomic E-state index is -5.33. The maximum Gasteiger partial charge on any atom is 0.454 e. The molecule has 0 atom stereocenters. The number of anilines is 1. The number of nitrogens with one attached hydrogen (secondary N) is 1. The molecule has 134 valence electrons. The first-order valence-electron chi connectivity index (χ1n) is 6.87. The summed E-state index contributed by atoms with van der Waals surface area (Å²) in [6.45, 7) is 1.60. The molecular weight excluding hydrogens is 354 g/mol. The summed E-state index contributed by atoms with van der Waals surface area (Å²) in [4.78, 5) is 27.0. The Balaban J connectivity index is 2.90. The van der Waals surface area contributed by atoms with Crippen molar-refractivity contribution < 1.29 is 35.9 Å². The highest BCUT2D eigenvalue weighted by atomic mass is 19.4. The number of aromatic nitrogens is 1. The summed E-state index contributed by atoms with van der Waals surface area (Å²) < 4.78 is 76.8. The molecule has 2 aromatic rings. The van der Waals surface area contributed by atoms with Gasteiger partial charge in [0.15, 0.2) is 0 Å². The van der Waals surface area contributed by atoms with Crippen LogP contribution in [0.2, 0.25) is 0 Å². The Bertz CT molecular complexity index is 842. The van der Waals surface area contributed by atoms with Crippen LogP contribution in [0.1, 0.15) is 27.6 Å². The SMILES string of the molecule is CCNc1c(C(=O)C(F)(F)F)cc(C(=O)C(F)(F)F)c2cccnc12. The van der Waals surface area contributed by atoms with Crippen LogP contribution in [-0.2, 0) is 0 Å². The number of Topliss-reactive ketones (excluding diaryl/α,β-unsaturated/α-hetero) is 2. The second kappa shape index (κ2) is 6.34. The maximum atomic E-state index is 12.8. The third-order valence-corrected chi connectivity index (χ3v) is 3.25. The van der Waals surface area contributed by atoms with E-state index in [-0.39, 0.29) is 23.1 Å². The number of carbonyl (C=O) groups excluding carboxylic acids is 2. The summed E-state index contributed by atoms with van der Waals surface area (Å²) in [6, 6.07) is 2.66. The molecule has 4 nitrogen and oxygen atoms in total. The largest absolute Gasteiger partial charge is 0.454 e. The molecule has 10 heteroatoms. The minimum absolute atomic E-state index is 0.0797. The number of fused-ring (bicyclic) bond motifs is 1. The zero-order chi connectivity index (χ0) is 19.0. The minimum Gasteiger partial charge on any atom is -0.383 e. The molecule has 1 N–H and O–H groups in total. The summed E-state index contributed by atoms with van der Waals surface area (Å²) in [5.74, 6) is -4.72. The molecule has 1 aromatic carbocycles. The molecule has 0 spiro atoms. The second-order valence-corrected chi connectivity index (χ2v) is 4.93. The van der Waals surface area contributed by atoms with Crippen molar-refractivity contribution in [3.05, 3.63) is 35.5 Å². The highest BCUT2D eigenvalue weighted by Crippen LogP contribution is 2.35. The fraction of sp³-hybridized carbons (Fsp3) is 0.267. The van der Waals surface area contributed by atoms with Crippen LogP contribution in [0.15, 0.2) is 24.4 Å². The van der Waals surface area contributed by atoms with Crippen molar-refractivity contribution in [1.29, 1.82) is 0 Å². The average molecular weight is 364 g/mol. The standard InChI is InChI=1S/C15H10F6N2O2/c1-2-22-11-9(13(25)15(19,20)21)6-8(12(24)14(16,17)18)7-4-3-5-23-10(7)11/h3-6,22H,2H2,1H3. The maximum absolute atomic E-state index is 12.8. The van der Waals surface area contributed by atoms with Crippen molar-refractivity contribution in [1.82, 2.24) is 4.98 Å². The van der Waals surface area contributed by atoms with Gasteiger partial charge in [-0.15, -0.1) is 0 Å². The predicted molar refractivity (Wildman–Crippen MR) is 76.7 cm³/mol. The van der Waals surface area contributed by atoms with Gasteiger partial charge in [0, 0.05) is 23.7 Å². The van der Waals surface area contributed by atoms with E-state index >= 15 is 0 Å². The number of hydrogen-bond acceptors (Lipinski definition) is 4. The van der Waals surface area contributed by atoms with Gasteiger partial charge in [-0.2, -0.15) is 26.3 Å². The number of nitrogens with zero attached hydrogens (tertiary/aromatic N) is 1. The molecule has 1 heterocycles. The molecule has 0 saturated carbocycles. The van der Waals surface area contributed by atoms with Gasteiger partial charge in [0.25, 0.3) is 11.6 Å². The molecule has 0 unspecified atom stereocenters. The van der Waals surface area contributed by atoms with Crippen molar-refractivity contribution in [3.8, 4) is 0 Å². The van der Waals surface area contributed by atoms with Crippen LogP contribution in [0.4, 0.5) is 32.0 Å². The van der Waals surface area contributed by atoms with Crippen molar-refractivity contribution >= 4 is 28.2 Å². The Morgan fingerprint density at radius 1 is 1.04 bits per heavy atom. The third kappa shape index (κ3) is 3.57. The average Bonchev–Trinajstić information content (AvgIpc) is 2.52. The van der Waals surface area contributed by atoms with Crippen molar-refractivity contribution in [2.45, 2.75) is 19.3 Å². The van der Waals surface area contributed by atoms with Gasteiger partial charge >= 0.3 is 12.4 Å². The first kappa shape index (κ1) is 18.7. The summed E-state index contributed by atoms with van der Waals surface area (Å²) >= 11 is 0. The number of rotatable bonds is 4. The van der Waals surface area contributed by atoms with Crippen LogP contribution in [0.25, 0.3) is 10.9 Å². The number of pyridine rings is 1. The van der Waals surface area contributed by atoms with Gasteiger partial charge in [0.2, 0.25) is 0 Å². The smallest absolute Gasteiger partial charge is 0.383 e. The van der Waals surface area contributed by atoms with Crippen LogP contribution in [0.5, 0.6) is 0 Å². The van der Waals surface area contributed by atoms with Crippen LogP contribution in [-0.4, -0.2) is 35.4 Å². The third-order valence-electron chi connectivity index (χ3n) is 3.25. The molecule has 0 amide bonds. The van der Waals surface area contributed by atoms with E-state index in [1.165, 1.54) is 13.0 Å². The lowest BCUT2D eigenvalue weighted by atomic mass is 9.96. The van der Waals surface area contributed by atoms with Gasteiger partial charge in [0.1, 0.15) is 0 Å². The van der Waals surface area contributed by atoms with Crippen LogP contribution in [0.3, 0.4) is 0 Å². The summed E-state index contributed by atoms with van der Waals surface area (Å²) in [5, 5.41) is 2.20. The number of carbonyl (C=O) groups is 2. The summed E-state index contributed by atoms with van der Waals surface area (Å²) in [5.41, 5.74) is -2.86. The molecule has 0 saturated heterocycles. The number of ketones is 2. The van der Waals surface area contributed by atoms with Crippen LogP contribution >= 0.6 is 0 Å². The lowest BCUT2D eigenvalue weighted by molar-refractivity contribution is -0.0886. The van der Waals surface area contributed by atoms with E-state index in [2.05, 4.69) is 10.3 Å². The first-order valence-corrected chi connectivity index (χ1v) is 6.87. The van der Waals surface area contributed by atoms with Crippen molar-refractivity contribution in [2.75, 3.05) is 11.9 Å². The van der Waals surface area contributed by atoms with Gasteiger partial charge in [0.05, 0.1) is 16.8 Å². The summed E-state index contributed by atoms with van der Waals surface area (Å²) in [6.07, 6.45) is -9.51. The van der Waals surface area contributed by atoms with Crippen molar-refractivity contribution in [2.24, 2.45) is 0 Å². The molecule has 0 aliphatic heterocycles. The Kier molecular flexibility index (Phi) is 4.74. The van der Waals surface area contributed by atoms with Crippen LogP contribution in [0, 0.1) is 0 Å². The molecule has 0 aliphatic rings. The molecular formula is C15H10F6N2O2. The predicted octanol–water partition coefficient (Wildman–Crippen LogP) is 4.16. The van der Waals surface area contributed by atoms with E-state index in [9.17, 15) is 35.9 Å². The van der Waals surface area contributed by atoms with Gasteiger partial charge in [-0.05, 0) is 19.1 Å². The van der Waals surface area contributed by atoms with Crippen LogP contribution < -0.4 is 5.32 Å². The zero-order valence-electron chi connectivity index (χ0n) is 12.5. The first-order chi connectivity index (χ1) is 11.5. The van der Waals surface area contributed by atoms with E-state index in [1.54, 1.807) is 0 Å². The topological polar surface area (TPSA) is 59.1 Å². The van der Waals surface area contributed by atoms with Gasteiger partial charge in [-0.3, -0.25) is 14.6 Å². The summed E-state index contributed by atoms with van der Waals surface area (Å²) in [7, 11) is 0. The fourth-order valence-corrected chi connectivity index (χ4v) is 2.27. The van der Waals surface area contributed by atoms with E-state index in [0.717, 1.165) is 12.3 Å². The molecule has 1 aromatic heterocycles. The lowest BCUT2D eigenvalue weighted by Crippen LogP contribution is -2.27. The van der Waals surface area contributed by atoms with Gasteiger partial charge < -0.3 is 5.32 Å². The van der Waals surface area contributed by atoms with E-state index in [1.807, 2.05) is 0 Å². The van der Waals surface area contributed by atoms with Gasteiger partial charge in [-0.1, -0.05) is 6.07 Å². The quantitative estimate of drug-likeness (QED) is 0.654. The van der Waals surface area contributed by atoms with E-state index in [0.29, 0.717) is 6.07 Å². The monoisotopic (exact) mass is 364 g/mol. The lowest BCUT2D eigenvalue weighted by Gasteiger charge is -2.17. The van der Waals surface area contributed by atoms with Crippen molar-refractivity contribution in [3.63, 3.8) is 0 Å². The number of halogens is 6. The molecule has 0 fully saturated rings. The highest BCUT2D eigenvalue weighted by molar-refractivity contribution is 6.18. The van der Waals surface area contributed by atoms with E-state index in [4.69, 9.17) is 0 Å². The number of benzene rings is 1. The zero-order valence-corrected chi connectivity index (χ0v) is 12.5. The molecule has 2 rings (SSSR count). The number of alkyl halides is 6. The fourth-order valence-electron chi connectivity index (χ4n) is 2.27. The normalized spacial score (nSPS) is 12.3. The number of hydrogen-bond donors (Lipinski definition) is 1. The van der Waals surface area contributed by atoms with E-state index < -0.39 is 35.0 Å². The highest BCUT2D eigenvalue weighted by Gasteiger charge is 2.44. The molecule has 0 bridgehead atoms.